The highest BCUT2D eigenvalue weighted by atomic mass is 16.6. The van der Waals surface area contributed by atoms with Crippen molar-refractivity contribution >= 4 is 11.4 Å². The lowest BCUT2D eigenvalue weighted by atomic mass is 10.1. The van der Waals surface area contributed by atoms with Gasteiger partial charge in [0, 0.05) is 32.7 Å². The Hall–Kier alpha value is -1.66. The van der Waals surface area contributed by atoms with Crippen LogP contribution in [0.25, 0.3) is 0 Å². The Morgan fingerprint density at radius 1 is 1.26 bits per heavy atom. The van der Waals surface area contributed by atoms with Gasteiger partial charge in [-0.3, -0.25) is 10.1 Å². The molecule has 0 fully saturated rings. The molecule has 0 bridgehead atoms. The van der Waals surface area contributed by atoms with Gasteiger partial charge >= 0.3 is 0 Å². The molecule has 0 amide bonds. The van der Waals surface area contributed by atoms with Gasteiger partial charge < -0.3 is 15.1 Å². The van der Waals surface area contributed by atoms with Crippen LogP contribution in [0.1, 0.15) is 5.56 Å². The van der Waals surface area contributed by atoms with E-state index in [1.807, 2.05) is 33.3 Å². The Morgan fingerprint density at radius 3 is 2.47 bits per heavy atom. The van der Waals surface area contributed by atoms with Crippen LogP contribution in [-0.2, 0) is 6.54 Å². The van der Waals surface area contributed by atoms with E-state index in [9.17, 15) is 10.1 Å². The third kappa shape index (κ3) is 4.84. The zero-order chi connectivity index (χ0) is 14.4. The second kappa shape index (κ2) is 7.06. The molecule has 0 heterocycles. The van der Waals surface area contributed by atoms with E-state index in [4.69, 9.17) is 0 Å². The second-order valence-electron chi connectivity index (χ2n) is 4.90. The number of likely N-dealkylation sites (N-methyl/N-ethyl adjacent to an activating group) is 2. The van der Waals surface area contributed by atoms with E-state index in [0.717, 1.165) is 25.2 Å². The maximum absolute atomic E-state index is 10.8. The average molecular weight is 266 g/mol. The first-order valence-corrected chi connectivity index (χ1v) is 6.22. The first-order chi connectivity index (χ1) is 8.93. The molecule has 106 valence electrons. The number of benzene rings is 1. The van der Waals surface area contributed by atoms with Gasteiger partial charge in [0.15, 0.2) is 0 Å². The molecule has 0 aliphatic rings. The standard InChI is InChI=1S/C13H22N4O2/c1-14-12-9-11(5-6-13(12)17(18)19)10-16(4)8-7-15(2)3/h5-6,9,14H,7-8,10H2,1-4H3. The van der Waals surface area contributed by atoms with Gasteiger partial charge in [-0.1, -0.05) is 6.07 Å². The van der Waals surface area contributed by atoms with Crippen molar-refractivity contribution in [3.8, 4) is 0 Å². The lowest BCUT2D eigenvalue weighted by Gasteiger charge is -2.19. The molecular weight excluding hydrogens is 244 g/mol. The van der Waals surface area contributed by atoms with E-state index >= 15 is 0 Å². The maximum Gasteiger partial charge on any atom is 0.292 e. The summed E-state index contributed by atoms with van der Waals surface area (Å²) in [6.45, 7) is 2.72. The molecular formula is C13H22N4O2. The van der Waals surface area contributed by atoms with Crippen LogP contribution in [0.3, 0.4) is 0 Å². The first-order valence-electron chi connectivity index (χ1n) is 6.22. The predicted molar refractivity (Wildman–Crippen MR) is 77.5 cm³/mol. The number of nitro benzene ring substituents is 1. The Morgan fingerprint density at radius 2 is 1.95 bits per heavy atom. The zero-order valence-corrected chi connectivity index (χ0v) is 12.0. The quantitative estimate of drug-likeness (QED) is 0.600. The van der Waals surface area contributed by atoms with Crippen molar-refractivity contribution in [2.24, 2.45) is 0 Å². The van der Waals surface area contributed by atoms with Crippen LogP contribution in [0, 0.1) is 10.1 Å². The van der Waals surface area contributed by atoms with Crippen molar-refractivity contribution in [2.75, 3.05) is 46.6 Å². The van der Waals surface area contributed by atoms with E-state index in [1.54, 1.807) is 13.1 Å². The minimum Gasteiger partial charge on any atom is -0.383 e. The molecule has 0 saturated heterocycles. The fourth-order valence-corrected chi connectivity index (χ4v) is 1.80. The highest BCUT2D eigenvalue weighted by Gasteiger charge is 2.13. The van der Waals surface area contributed by atoms with Gasteiger partial charge in [0.2, 0.25) is 0 Å². The molecule has 6 heteroatoms. The summed E-state index contributed by atoms with van der Waals surface area (Å²) >= 11 is 0. The lowest BCUT2D eigenvalue weighted by molar-refractivity contribution is -0.384. The van der Waals surface area contributed by atoms with Crippen molar-refractivity contribution in [1.29, 1.82) is 0 Å². The number of nitrogens with zero attached hydrogens (tertiary/aromatic N) is 3. The first kappa shape index (κ1) is 15.4. The van der Waals surface area contributed by atoms with Crippen LogP contribution >= 0.6 is 0 Å². The number of rotatable bonds is 7. The normalized spacial score (nSPS) is 11.1. The molecule has 0 unspecified atom stereocenters. The predicted octanol–water partition coefficient (Wildman–Crippen LogP) is 1.63. The Balaban J connectivity index is 2.71. The fourth-order valence-electron chi connectivity index (χ4n) is 1.80. The van der Waals surface area contributed by atoms with Crippen molar-refractivity contribution in [3.63, 3.8) is 0 Å². The molecule has 1 rings (SSSR count). The van der Waals surface area contributed by atoms with E-state index in [1.165, 1.54) is 0 Å². The summed E-state index contributed by atoms with van der Waals surface area (Å²) in [5.41, 5.74) is 1.74. The Kier molecular flexibility index (Phi) is 5.72. The molecule has 19 heavy (non-hydrogen) atoms. The van der Waals surface area contributed by atoms with Crippen LogP contribution in [0.15, 0.2) is 18.2 Å². The number of nitro groups is 1. The fraction of sp³-hybridized carbons (Fsp3) is 0.538. The minimum absolute atomic E-state index is 0.113. The van der Waals surface area contributed by atoms with Crippen LogP contribution in [0.2, 0.25) is 0 Å². The summed E-state index contributed by atoms with van der Waals surface area (Å²) in [7, 11) is 7.82. The number of anilines is 1. The molecule has 1 N–H and O–H groups in total. The molecule has 0 aliphatic carbocycles. The van der Waals surface area contributed by atoms with Gasteiger partial charge in [0.1, 0.15) is 5.69 Å². The zero-order valence-electron chi connectivity index (χ0n) is 12.0. The molecule has 1 aromatic rings. The van der Waals surface area contributed by atoms with Crippen molar-refractivity contribution in [1.82, 2.24) is 9.80 Å². The van der Waals surface area contributed by atoms with Crippen molar-refractivity contribution in [2.45, 2.75) is 6.54 Å². The monoisotopic (exact) mass is 266 g/mol. The molecule has 0 atom stereocenters. The third-order valence-corrected chi connectivity index (χ3v) is 2.91. The van der Waals surface area contributed by atoms with Crippen LogP contribution in [0.5, 0.6) is 0 Å². The van der Waals surface area contributed by atoms with Gasteiger partial charge in [0.25, 0.3) is 5.69 Å². The van der Waals surface area contributed by atoms with Gasteiger partial charge in [-0.2, -0.15) is 0 Å². The molecule has 0 radical (unpaired) electrons. The molecule has 0 aromatic heterocycles. The summed E-state index contributed by atoms with van der Waals surface area (Å²) in [6, 6.07) is 5.20. The van der Waals surface area contributed by atoms with Crippen LogP contribution in [-0.4, -0.2) is 56.0 Å². The maximum atomic E-state index is 10.8. The van der Waals surface area contributed by atoms with E-state index < -0.39 is 0 Å². The summed E-state index contributed by atoms with van der Waals surface area (Å²) in [6.07, 6.45) is 0. The van der Waals surface area contributed by atoms with E-state index in [2.05, 4.69) is 15.1 Å². The topological polar surface area (TPSA) is 61.6 Å². The largest absolute Gasteiger partial charge is 0.383 e. The van der Waals surface area contributed by atoms with Crippen LogP contribution < -0.4 is 5.32 Å². The molecule has 1 aromatic carbocycles. The van der Waals surface area contributed by atoms with Crippen molar-refractivity contribution in [3.05, 3.63) is 33.9 Å². The lowest BCUT2D eigenvalue weighted by Crippen LogP contribution is -2.28. The van der Waals surface area contributed by atoms with Crippen LogP contribution in [0.4, 0.5) is 11.4 Å². The van der Waals surface area contributed by atoms with E-state index in [0.29, 0.717) is 5.69 Å². The number of nitrogens with one attached hydrogen (secondary N) is 1. The number of hydrogen-bond acceptors (Lipinski definition) is 5. The van der Waals surface area contributed by atoms with Gasteiger partial charge in [-0.15, -0.1) is 0 Å². The SMILES string of the molecule is CNc1cc(CN(C)CCN(C)C)ccc1[N+](=O)[O-]. The summed E-state index contributed by atoms with van der Waals surface area (Å²) in [5, 5.41) is 13.7. The molecule has 0 saturated carbocycles. The number of hydrogen-bond donors (Lipinski definition) is 1. The smallest absolute Gasteiger partial charge is 0.292 e. The highest BCUT2D eigenvalue weighted by Crippen LogP contribution is 2.25. The van der Waals surface area contributed by atoms with E-state index in [-0.39, 0.29) is 10.6 Å². The Bertz CT molecular complexity index is 435. The highest BCUT2D eigenvalue weighted by molar-refractivity contribution is 5.62. The molecule has 0 spiro atoms. The average Bonchev–Trinajstić information content (AvgIpc) is 2.35. The van der Waals surface area contributed by atoms with Crippen molar-refractivity contribution < 1.29 is 4.92 Å². The van der Waals surface area contributed by atoms with Gasteiger partial charge in [0.05, 0.1) is 4.92 Å². The van der Waals surface area contributed by atoms with Gasteiger partial charge in [-0.05, 0) is 32.8 Å². The third-order valence-electron chi connectivity index (χ3n) is 2.91. The molecule has 0 aliphatic heterocycles. The summed E-state index contributed by atoms with van der Waals surface area (Å²) in [4.78, 5) is 14.8. The Labute approximate surface area is 114 Å². The summed E-state index contributed by atoms with van der Waals surface area (Å²) in [5.74, 6) is 0. The molecule has 6 nitrogen and oxygen atoms in total. The summed E-state index contributed by atoms with van der Waals surface area (Å²) < 4.78 is 0. The van der Waals surface area contributed by atoms with Gasteiger partial charge in [-0.25, -0.2) is 0 Å². The second-order valence-corrected chi connectivity index (χ2v) is 4.90. The minimum atomic E-state index is -0.370.